The maximum absolute atomic E-state index is 13.3. The number of hydrogen-bond donors (Lipinski definition) is 1. The van der Waals surface area contributed by atoms with Crippen molar-refractivity contribution < 1.29 is 22.9 Å². The highest BCUT2D eigenvalue weighted by molar-refractivity contribution is 7.99. The first-order valence-electron chi connectivity index (χ1n) is 9.32. The van der Waals surface area contributed by atoms with Crippen molar-refractivity contribution in [3.8, 4) is 11.4 Å². The number of nitro benzene ring substituents is 1. The standard InChI is InChI=1S/C19H17F3N6O3S/c1-2-9-27-17(12-5-7-23-8-6-12)25-26-18(27)32-11-16(29)24-15-4-3-13(28(30)31)10-14(15)19(20,21)22/h3-8,10H,2,9,11H2,1H3,(H,24,29). The van der Waals surface area contributed by atoms with Gasteiger partial charge in [0.15, 0.2) is 11.0 Å². The number of aromatic nitrogens is 4. The van der Waals surface area contributed by atoms with E-state index in [1.165, 1.54) is 0 Å². The van der Waals surface area contributed by atoms with Gasteiger partial charge in [0.1, 0.15) is 0 Å². The summed E-state index contributed by atoms with van der Waals surface area (Å²) in [5.74, 6) is -0.357. The molecule has 0 atom stereocenters. The predicted octanol–water partition coefficient (Wildman–Crippen LogP) is 4.41. The van der Waals surface area contributed by atoms with E-state index < -0.39 is 33.9 Å². The molecule has 0 unspecified atom stereocenters. The molecule has 13 heteroatoms. The smallest absolute Gasteiger partial charge is 0.325 e. The molecule has 0 fully saturated rings. The highest BCUT2D eigenvalue weighted by Gasteiger charge is 2.35. The zero-order valence-corrected chi connectivity index (χ0v) is 17.5. The molecule has 0 radical (unpaired) electrons. The molecule has 0 bridgehead atoms. The van der Waals surface area contributed by atoms with Crippen LogP contribution < -0.4 is 5.32 Å². The molecular formula is C19H17F3N6O3S. The Labute approximate surface area is 184 Å². The van der Waals surface area contributed by atoms with Crippen LogP contribution in [-0.2, 0) is 17.5 Å². The zero-order valence-electron chi connectivity index (χ0n) is 16.7. The minimum absolute atomic E-state index is 0.230. The number of alkyl halides is 3. The van der Waals surface area contributed by atoms with Crippen LogP contribution in [0.15, 0.2) is 47.9 Å². The number of anilines is 1. The highest BCUT2D eigenvalue weighted by atomic mass is 32.2. The number of nitro groups is 1. The second kappa shape index (κ2) is 9.77. The van der Waals surface area contributed by atoms with Crippen LogP contribution in [0.5, 0.6) is 0 Å². The first-order chi connectivity index (χ1) is 15.2. The number of non-ortho nitro benzene ring substituents is 1. The van der Waals surface area contributed by atoms with E-state index in [0.29, 0.717) is 23.6 Å². The summed E-state index contributed by atoms with van der Waals surface area (Å²) in [7, 11) is 0. The number of hydrogen-bond acceptors (Lipinski definition) is 7. The second-order valence-electron chi connectivity index (χ2n) is 6.52. The monoisotopic (exact) mass is 466 g/mol. The lowest BCUT2D eigenvalue weighted by Crippen LogP contribution is -2.18. The summed E-state index contributed by atoms with van der Waals surface area (Å²) in [5.41, 5.74) is -1.78. The molecule has 0 aliphatic rings. The fraction of sp³-hybridized carbons (Fsp3) is 0.263. The lowest BCUT2D eigenvalue weighted by Gasteiger charge is -2.13. The molecule has 3 rings (SSSR count). The normalized spacial score (nSPS) is 11.4. The molecule has 2 aromatic heterocycles. The summed E-state index contributed by atoms with van der Waals surface area (Å²) < 4.78 is 41.7. The molecule has 32 heavy (non-hydrogen) atoms. The molecule has 9 nitrogen and oxygen atoms in total. The first-order valence-corrected chi connectivity index (χ1v) is 10.3. The van der Waals surface area contributed by atoms with Gasteiger partial charge in [-0.1, -0.05) is 18.7 Å². The molecule has 0 saturated carbocycles. The molecule has 0 spiro atoms. The first kappa shape index (κ1) is 23.2. The van der Waals surface area contributed by atoms with Gasteiger partial charge >= 0.3 is 6.18 Å². The fourth-order valence-electron chi connectivity index (χ4n) is 2.84. The quantitative estimate of drug-likeness (QED) is 0.297. The second-order valence-corrected chi connectivity index (χ2v) is 7.46. The van der Waals surface area contributed by atoms with Gasteiger partial charge in [-0.05, 0) is 24.6 Å². The summed E-state index contributed by atoms with van der Waals surface area (Å²) in [6.45, 7) is 2.54. The van der Waals surface area contributed by atoms with Crippen LogP contribution in [0.25, 0.3) is 11.4 Å². The Hall–Kier alpha value is -3.48. The molecule has 0 saturated heterocycles. The largest absolute Gasteiger partial charge is 0.418 e. The van der Waals surface area contributed by atoms with Crippen LogP contribution in [0.4, 0.5) is 24.5 Å². The van der Waals surface area contributed by atoms with Crippen LogP contribution in [0, 0.1) is 10.1 Å². The molecule has 1 aromatic carbocycles. The zero-order chi connectivity index (χ0) is 23.3. The summed E-state index contributed by atoms with van der Waals surface area (Å²) in [5, 5.41) is 21.7. The number of nitrogens with zero attached hydrogens (tertiary/aromatic N) is 5. The van der Waals surface area contributed by atoms with Gasteiger partial charge in [0.25, 0.3) is 5.69 Å². The number of thioether (sulfide) groups is 1. The number of nitrogens with one attached hydrogen (secondary N) is 1. The molecule has 168 valence electrons. The third-order valence-corrected chi connectivity index (χ3v) is 5.20. The topological polar surface area (TPSA) is 116 Å². The van der Waals surface area contributed by atoms with Crippen LogP contribution in [-0.4, -0.2) is 36.3 Å². The number of amides is 1. The Balaban J connectivity index is 1.76. The van der Waals surface area contributed by atoms with Gasteiger partial charge in [-0.15, -0.1) is 10.2 Å². The maximum atomic E-state index is 13.3. The minimum atomic E-state index is -4.87. The van der Waals surface area contributed by atoms with Gasteiger partial charge in [-0.2, -0.15) is 13.2 Å². The Kier molecular flexibility index (Phi) is 7.08. The van der Waals surface area contributed by atoms with E-state index >= 15 is 0 Å². The van der Waals surface area contributed by atoms with Gasteiger partial charge in [-0.3, -0.25) is 19.9 Å². The van der Waals surface area contributed by atoms with Crippen LogP contribution in [0.2, 0.25) is 0 Å². The summed E-state index contributed by atoms with van der Waals surface area (Å²) in [4.78, 5) is 26.1. The van der Waals surface area contributed by atoms with Crippen molar-refractivity contribution in [3.63, 3.8) is 0 Å². The Bertz CT molecular complexity index is 1120. The average molecular weight is 466 g/mol. The SMILES string of the molecule is CCCn1c(SCC(=O)Nc2ccc([N+](=O)[O-])cc2C(F)(F)F)nnc1-c1ccncc1. The third kappa shape index (κ3) is 5.41. The van der Waals surface area contributed by atoms with Crippen molar-refractivity contribution in [2.24, 2.45) is 0 Å². The van der Waals surface area contributed by atoms with Crippen molar-refractivity contribution in [2.75, 3.05) is 11.1 Å². The van der Waals surface area contributed by atoms with Gasteiger partial charge in [0.05, 0.1) is 21.9 Å². The molecule has 1 amide bonds. The van der Waals surface area contributed by atoms with E-state index in [-0.39, 0.29) is 5.75 Å². The van der Waals surface area contributed by atoms with Crippen LogP contribution in [0.3, 0.4) is 0 Å². The lowest BCUT2D eigenvalue weighted by atomic mass is 10.1. The fourth-order valence-corrected chi connectivity index (χ4v) is 3.61. The Morgan fingerprint density at radius 2 is 1.94 bits per heavy atom. The highest BCUT2D eigenvalue weighted by Crippen LogP contribution is 2.37. The number of carbonyl (C=O) groups excluding carboxylic acids is 1. The summed E-state index contributed by atoms with van der Waals surface area (Å²) in [6, 6.07) is 5.69. The van der Waals surface area contributed by atoms with E-state index in [0.717, 1.165) is 35.9 Å². The molecule has 0 aliphatic heterocycles. The lowest BCUT2D eigenvalue weighted by molar-refractivity contribution is -0.385. The van der Waals surface area contributed by atoms with Gasteiger partial charge in [-0.25, -0.2) is 0 Å². The number of pyridine rings is 1. The van der Waals surface area contributed by atoms with Crippen molar-refractivity contribution in [3.05, 3.63) is 58.4 Å². The van der Waals surface area contributed by atoms with Crippen molar-refractivity contribution in [1.29, 1.82) is 0 Å². The predicted molar refractivity (Wildman–Crippen MR) is 111 cm³/mol. The molecule has 0 aliphatic carbocycles. The number of halogens is 3. The minimum Gasteiger partial charge on any atom is -0.325 e. The van der Waals surface area contributed by atoms with E-state index in [1.54, 1.807) is 24.5 Å². The molecule has 1 N–H and O–H groups in total. The maximum Gasteiger partial charge on any atom is 0.418 e. The number of benzene rings is 1. The Morgan fingerprint density at radius 3 is 2.56 bits per heavy atom. The van der Waals surface area contributed by atoms with E-state index in [1.807, 2.05) is 11.5 Å². The summed E-state index contributed by atoms with van der Waals surface area (Å²) >= 11 is 1.02. The van der Waals surface area contributed by atoms with Crippen molar-refractivity contribution in [2.45, 2.75) is 31.2 Å². The van der Waals surface area contributed by atoms with Gasteiger partial charge < -0.3 is 9.88 Å². The van der Waals surface area contributed by atoms with Crippen molar-refractivity contribution >= 4 is 29.0 Å². The molecule has 2 heterocycles. The summed E-state index contributed by atoms with van der Waals surface area (Å²) in [6.07, 6.45) is -0.873. The Morgan fingerprint density at radius 1 is 1.22 bits per heavy atom. The molecular weight excluding hydrogens is 449 g/mol. The number of carbonyl (C=O) groups is 1. The van der Waals surface area contributed by atoms with E-state index in [2.05, 4.69) is 20.5 Å². The number of rotatable bonds is 8. The third-order valence-electron chi connectivity index (χ3n) is 4.23. The van der Waals surface area contributed by atoms with Crippen molar-refractivity contribution in [1.82, 2.24) is 19.7 Å². The van der Waals surface area contributed by atoms with E-state index in [9.17, 15) is 28.1 Å². The van der Waals surface area contributed by atoms with Crippen LogP contribution >= 0.6 is 11.8 Å². The molecule has 3 aromatic rings. The van der Waals surface area contributed by atoms with Gasteiger partial charge in [0, 0.05) is 36.6 Å². The van der Waals surface area contributed by atoms with Crippen LogP contribution in [0.1, 0.15) is 18.9 Å². The van der Waals surface area contributed by atoms with E-state index in [4.69, 9.17) is 0 Å². The van der Waals surface area contributed by atoms with Gasteiger partial charge in [0.2, 0.25) is 5.91 Å². The average Bonchev–Trinajstić information content (AvgIpc) is 3.15.